The molecule has 1 aromatic carbocycles. The molecule has 17 heavy (non-hydrogen) atoms. The van der Waals surface area contributed by atoms with Gasteiger partial charge in [-0.15, -0.1) is 0 Å². The minimum absolute atomic E-state index is 0.381. The Morgan fingerprint density at radius 3 is 2.41 bits per heavy atom. The minimum Gasteiger partial charge on any atom is -0.480 e. The zero-order valence-electron chi connectivity index (χ0n) is 9.85. The lowest BCUT2D eigenvalue weighted by Crippen LogP contribution is -2.61. The number of aliphatic carboxylic acids is 1. The van der Waals surface area contributed by atoms with E-state index in [-0.39, 0.29) is 0 Å². The van der Waals surface area contributed by atoms with Crippen molar-refractivity contribution < 1.29 is 14.6 Å². The molecule has 0 bridgehead atoms. The van der Waals surface area contributed by atoms with Crippen LogP contribution in [-0.4, -0.2) is 30.3 Å². The van der Waals surface area contributed by atoms with Crippen LogP contribution in [0.4, 0.5) is 0 Å². The van der Waals surface area contributed by atoms with Crippen molar-refractivity contribution in [3.8, 4) is 0 Å². The van der Waals surface area contributed by atoms with Crippen molar-refractivity contribution in [3.63, 3.8) is 0 Å². The maximum Gasteiger partial charge on any atom is 0.321 e. The minimum atomic E-state index is -0.979. The summed E-state index contributed by atoms with van der Waals surface area (Å²) in [6.45, 7) is 2.85. The number of hydrogen-bond acceptors (Lipinski definition) is 3. The summed E-state index contributed by atoms with van der Waals surface area (Å²) >= 11 is 0. The zero-order valence-corrected chi connectivity index (χ0v) is 9.85. The van der Waals surface area contributed by atoms with Crippen LogP contribution >= 0.6 is 0 Å². The van der Waals surface area contributed by atoms with Crippen molar-refractivity contribution in [2.45, 2.75) is 24.8 Å². The van der Waals surface area contributed by atoms with Gasteiger partial charge in [-0.2, -0.15) is 0 Å². The third kappa shape index (κ3) is 1.94. The average Bonchev–Trinajstić information content (AvgIpc) is 2.28. The molecule has 92 valence electrons. The molecule has 3 N–H and O–H groups in total. The lowest BCUT2D eigenvalue weighted by atomic mass is 9.72. The highest BCUT2D eigenvalue weighted by Crippen LogP contribution is 2.35. The molecule has 1 aromatic rings. The third-order valence-electron chi connectivity index (χ3n) is 3.52. The summed E-state index contributed by atoms with van der Waals surface area (Å²) in [4.78, 5) is 11.1. The summed E-state index contributed by atoms with van der Waals surface area (Å²) in [5.41, 5.74) is 7.41. The Labute approximate surface area is 100 Å². The Bertz CT molecular complexity index is 409. The Morgan fingerprint density at radius 1 is 1.47 bits per heavy atom. The summed E-state index contributed by atoms with van der Waals surface area (Å²) in [6, 6.07) is 7.05. The smallest absolute Gasteiger partial charge is 0.321 e. The molecule has 2 rings (SSSR count). The second-order valence-electron chi connectivity index (χ2n) is 4.52. The van der Waals surface area contributed by atoms with Gasteiger partial charge in [-0.05, 0) is 17.5 Å². The van der Waals surface area contributed by atoms with Crippen LogP contribution in [0.5, 0.6) is 0 Å². The van der Waals surface area contributed by atoms with Crippen LogP contribution in [0.1, 0.15) is 18.1 Å². The van der Waals surface area contributed by atoms with Gasteiger partial charge in [0.1, 0.15) is 6.04 Å². The van der Waals surface area contributed by atoms with Gasteiger partial charge in [0.05, 0.1) is 18.6 Å². The molecule has 0 amide bonds. The number of carbonyl (C=O) groups is 1. The normalized spacial score (nSPS) is 19.4. The first kappa shape index (κ1) is 12.1. The number of aryl methyl sites for hydroxylation is 1. The molecule has 0 spiro atoms. The molecule has 0 saturated carbocycles. The molecule has 4 heteroatoms. The molecule has 1 fully saturated rings. The van der Waals surface area contributed by atoms with Gasteiger partial charge in [0.2, 0.25) is 0 Å². The van der Waals surface area contributed by atoms with Crippen LogP contribution in [0.15, 0.2) is 24.3 Å². The SMILES string of the molecule is CCc1ccc(C2(C(N)C(=O)O)COC2)cc1. The van der Waals surface area contributed by atoms with Gasteiger partial charge in [0.25, 0.3) is 0 Å². The molecule has 0 radical (unpaired) electrons. The molecule has 0 aromatic heterocycles. The maximum atomic E-state index is 11.1. The van der Waals surface area contributed by atoms with Gasteiger partial charge in [-0.3, -0.25) is 4.79 Å². The molecule has 1 unspecified atom stereocenters. The van der Waals surface area contributed by atoms with Crippen molar-refractivity contribution in [2.75, 3.05) is 13.2 Å². The van der Waals surface area contributed by atoms with Crippen LogP contribution in [0.2, 0.25) is 0 Å². The average molecular weight is 235 g/mol. The van der Waals surface area contributed by atoms with E-state index in [0.29, 0.717) is 13.2 Å². The fourth-order valence-electron chi connectivity index (χ4n) is 2.16. The van der Waals surface area contributed by atoms with Crippen LogP contribution < -0.4 is 5.73 Å². The number of carboxylic acid groups (broad SMARTS) is 1. The topological polar surface area (TPSA) is 72.6 Å². The zero-order chi connectivity index (χ0) is 12.5. The summed E-state index contributed by atoms with van der Waals surface area (Å²) in [6.07, 6.45) is 0.967. The van der Waals surface area contributed by atoms with Gasteiger partial charge in [0, 0.05) is 0 Å². The second-order valence-corrected chi connectivity index (χ2v) is 4.52. The number of benzene rings is 1. The van der Waals surface area contributed by atoms with Gasteiger partial charge in [0.15, 0.2) is 0 Å². The molecular weight excluding hydrogens is 218 g/mol. The summed E-state index contributed by atoms with van der Waals surface area (Å²) in [5.74, 6) is -0.979. The van der Waals surface area contributed by atoms with Crippen LogP contribution in [-0.2, 0) is 21.4 Å². The highest BCUT2D eigenvalue weighted by Gasteiger charge is 2.48. The van der Waals surface area contributed by atoms with Gasteiger partial charge >= 0.3 is 5.97 Å². The molecule has 1 saturated heterocycles. The van der Waals surface area contributed by atoms with E-state index in [1.54, 1.807) is 0 Å². The monoisotopic (exact) mass is 235 g/mol. The predicted octanol–water partition coefficient (Wildman–Crippen LogP) is 0.929. The van der Waals surface area contributed by atoms with Crippen LogP contribution in [0, 0.1) is 0 Å². The van der Waals surface area contributed by atoms with Crippen molar-refractivity contribution in [2.24, 2.45) is 5.73 Å². The fraction of sp³-hybridized carbons (Fsp3) is 0.462. The number of rotatable bonds is 4. The van der Waals surface area contributed by atoms with Crippen molar-refractivity contribution in [1.29, 1.82) is 0 Å². The van der Waals surface area contributed by atoms with Crippen molar-refractivity contribution >= 4 is 5.97 Å². The van der Waals surface area contributed by atoms with Crippen molar-refractivity contribution in [3.05, 3.63) is 35.4 Å². The predicted molar refractivity (Wildman–Crippen MR) is 63.9 cm³/mol. The molecule has 1 heterocycles. The molecular formula is C13H17NO3. The van der Waals surface area contributed by atoms with E-state index < -0.39 is 17.4 Å². The fourth-order valence-corrected chi connectivity index (χ4v) is 2.16. The third-order valence-corrected chi connectivity index (χ3v) is 3.52. The summed E-state index contributed by atoms with van der Waals surface area (Å²) in [5, 5.41) is 9.06. The lowest BCUT2D eigenvalue weighted by molar-refractivity contribution is -0.148. The van der Waals surface area contributed by atoms with E-state index in [4.69, 9.17) is 15.6 Å². The first-order valence-electron chi connectivity index (χ1n) is 5.75. The Morgan fingerprint density at radius 2 is 2.06 bits per heavy atom. The van der Waals surface area contributed by atoms with E-state index in [2.05, 4.69) is 6.92 Å². The molecule has 0 aliphatic carbocycles. The Balaban J connectivity index is 2.31. The van der Waals surface area contributed by atoms with Gasteiger partial charge < -0.3 is 15.6 Å². The van der Waals surface area contributed by atoms with E-state index in [1.807, 2.05) is 24.3 Å². The van der Waals surface area contributed by atoms with Crippen LogP contribution in [0.3, 0.4) is 0 Å². The van der Waals surface area contributed by atoms with Gasteiger partial charge in [-0.1, -0.05) is 31.2 Å². The first-order chi connectivity index (χ1) is 8.10. The number of nitrogens with two attached hydrogens (primary N) is 1. The molecule has 1 aliphatic heterocycles. The largest absolute Gasteiger partial charge is 0.480 e. The van der Waals surface area contributed by atoms with E-state index in [0.717, 1.165) is 12.0 Å². The van der Waals surface area contributed by atoms with E-state index >= 15 is 0 Å². The van der Waals surface area contributed by atoms with Crippen LogP contribution in [0.25, 0.3) is 0 Å². The standard InChI is InChI=1S/C13H17NO3/c1-2-9-3-5-10(6-4-9)13(7-17-8-13)11(14)12(15)16/h3-6,11H,2,7-8,14H2,1H3,(H,15,16). The highest BCUT2D eigenvalue weighted by molar-refractivity contribution is 5.76. The molecule has 1 atom stereocenters. The first-order valence-corrected chi connectivity index (χ1v) is 5.75. The lowest BCUT2D eigenvalue weighted by Gasteiger charge is -2.44. The Kier molecular flexibility index (Phi) is 3.17. The second kappa shape index (κ2) is 4.47. The van der Waals surface area contributed by atoms with Gasteiger partial charge in [-0.25, -0.2) is 0 Å². The number of hydrogen-bond donors (Lipinski definition) is 2. The summed E-state index contributed by atoms with van der Waals surface area (Å²) in [7, 11) is 0. The highest BCUT2D eigenvalue weighted by atomic mass is 16.5. The summed E-state index contributed by atoms with van der Waals surface area (Å²) < 4.78 is 5.18. The van der Waals surface area contributed by atoms with E-state index in [1.165, 1.54) is 5.56 Å². The number of carboxylic acids is 1. The molecule has 4 nitrogen and oxygen atoms in total. The molecule has 1 aliphatic rings. The quantitative estimate of drug-likeness (QED) is 0.814. The van der Waals surface area contributed by atoms with E-state index in [9.17, 15) is 4.79 Å². The maximum absolute atomic E-state index is 11.1. The number of ether oxygens (including phenoxy) is 1. The van der Waals surface area contributed by atoms with Crippen molar-refractivity contribution in [1.82, 2.24) is 0 Å². The Hall–Kier alpha value is -1.39.